The Hall–Kier alpha value is -2.37. The first-order valence-corrected chi connectivity index (χ1v) is 29.5. The average molecular weight is 950 g/mol. The maximum atomic E-state index is 13.6. The summed E-state index contributed by atoms with van der Waals surface area (Å²) in [5.74, 6) is 0. The number of rotatable bonds is 51. The van der Waals surface area contributed by atoms with Gasteiger partial charge in [0.2, 0.25) is 0 Å². The highest BCUT2D eigenvalue weighted by Crippen LogP contribution is 2.32. The van der Waals surface area contributed by atoms with Gasteiger partial charge in [-0.25, -0.2) is 4.79 Å². The van der Waals surface area contributed by atoms with E-state index in [4.69, 9.17) is 4.74 Å². The van der Waals surface area contributed by atoms with Crippen molar-refractivity contribution >= 4 is 6.09 Å². The molecule has 0 aromatic carbocycles. The molecular formula is C63H116N2O3. The molecule has 0 radical (unpaired) electrons. The van der Waals surface area contributed by atoms with Gasteiger partial charge >= 0.3 is 6.09 Å². The van der Waals surface area contributed by atoms with Crippen LogP contribution in [0, 0.1) is 0 Å². The lowest BCUT2D eigenvalue weighted by Crippen LogP contribution is -2.47. The molecule has 0 aliphatic heterocycles. The Labute approximate surface area is 425 Å². The van der Waals surface area contributed by atoms with E-state index in [2.05, 4.69) is 113 Å². The third kappa shape index (κ3) is 46.0. The minimum absolute atomic E-state index is 0.277. The largest absolute Gasteiger partial charge is 0.443 e. The lowest BCUT2D eigenvalue weighted by molar-refractivity contribution is -0.101. The molecule has 1 N–H and O–H groups in total. The van der Waals surface area contributed by atoms with Gasteiger partial charge in [0.15, 0.2) is 0 Å². The smallest absolute Gasteiger partial charge is 0.409 e. The van der Waals surface area contributed by atoms with Crippen LogP contribution in [0.5, 0.6) is 0 Å². The molecule has 0 aliphatic rings. The number of allylic oxidation sites excluding steroid dienone is 12. The van der Waals surface area contributed by atoms with E-state index in [0.717, 1.165) is 77.2 Å². The van der Waals surface area contributed by atoms with Crippen molar-refractivity contribution in [3.8, 4) is 0 Å². The molecule has 1 atom stereocenters. The molecule has 0 aliphatic carbocycles. The molecule has 0 saturated heterocycles. The summed E-state index contributed by atoms with van der Waals surface area (Å²) in [6, 6.07) is 0. The summed E-state index contributed by atoms with van der Waals surface area (Å²) in [5.41, 5.74) is -0.984. The molecule has 0 aromatic heterocycles. The first-order valence-electron chi connectivity index (χ1n) is 29.5. The first-order chi connectivity index (χ1) is 33.3. The van der Waals surface area contributed by atoms with Gasteiger partial charge < -0.3 is 19.6 Å². The third-order valence-electron chi connectivity index (χ3n) is 13.5. The van der Waals surface area contributed by atoms with Gasteiger partial charge in [0.05, 0.1) is 0 Å². The number of carbonyl (C=O) groups excluding carboxylic acids is 1. The Balaban J connectivity index is 5.28. The Bertz CT molecular complexity index is 1180. The van der Waals surface area contributed by atoms with Crippen LogP contribution in [0.4, 0.5) is 4.79 Å². The van der Waals surface area contributed by atoms with Crippen molar-refractivity contribution < 1.29 is 14.6 Å². The number of nitrogens with zero attached hydrogens (tertiary/aromatic N) is 2. The zero-order valence-electron chi connectivity index (χ0n) is 46.4. The van der Waals surface area contributed by atoms with Gasteiger partial charge in [-0.15, -0.1) is 0 Å². The molecule has 0 spiro atoms. The maximum absolute atomic E-state index is 13.6. The highest BCUT2D eigenvalue weighted by atomic mass is 16.6. The maximum Gasteiger partial charge on any atom is 0.409 e. The van der Waals surface area contributed by atoms with Crippen LogP contribution in [0.3, 0.4) is 0 Å². The molecular weight excluding hydrogens is 833 g/mol. The van der Waals surface area contributed by atoms with E-state index in [9.17, 15) is 9.90 Å². The van der Waals surface area contributed by atoms with Gasteiger partial charge in [-0.05, 0) is 149 Å². The minimum Gasteiger partial charge on any atom is -0.443 e. The van der Waals surface area contributed by atoms with E-state index >= 15 is 0 Å². The van der Waals surface area contributed by atoms with Crippen molar-refractivity contribution in [1.82, 2.24) is 9.80 Å². The van der Waals surface area contributed by atoms with Gasteiger partial charge in [-0.1, -0.05) is 222 Å². The number of carbonyl (C=O) groups is 1. The van der Waals surface area contributed by atoms with Gasteiger partial charge in [-0.3, -0.25) is 0 Å². The number of unbranched alkanes of at least 4 members (excludes halogenated alkanes) is 27. The lowest BCUT2D eigenvalue weighted by atomic mass is 9.82. The normalized spacial score (nSPS) is 13.8. The monoisotopic (exact) mass is 949 g/mol. The summed E-state index contributed by atoms with van der Waals surface area (Å²) >= 11 is 0. The second-order valence-corrected chi connectivity index (χ2v) is 20.6. The van der Waals surface area contributed by atoms with Crippen molar-refractivity contribution in [1.29, 1.82) is 0 Å². The standard InChI is InChI=1S/C63H116N2O3/c1-7-10-13-16-19-22-25-28-31-34-37-40-43-46-49-52-56-61(68-62(66)65(6)60-55-59-64(4)5)63(67,57-53-50-47-44-41-38-35-32-29-26-23-20-17-14-11-8-2)58-54-51-48-45-42-39-36-33-30-27-24-21-18-15-12-9-3/h19-24,28-33,61,67H,7-18,25-27,34-60H2,1-6H3. The predicted molar refractivity (Wildman–Crippen MR) is 303 cm³/mol. The summed E-state index contributed by atoms with van der Waals surface area (Å²) in [6.45, 7) is 8.37. The molecule has 5 nitrogen and oxygen atoms in total. The molecule has 1 amide bonds. The predicted octanol–water partition coefficient (Wildman–Crippen LogP) is 19.7. The molecule has 0 fully saturated rings. The van der Waals surface area contributed by atoms with Crippen LogP contribution in [0.15, 0.2) is 72.9 Å². The van der Waals surface area contributed by atoms with Gasteiger partial charge in [-0.2, -0.15) is 0 Å². The molecule has 396 valence electrons. The van der Waals surface area contributed by atoms with Crippen LogP contribution in [-0.4, -0.2) is 66.9 Å². The van der Waals surface area contributed by atoms with E-state index in [1.807, 2.05) is 7.05 Å². The summed E-state index contributed by atoms with van der Waals surface area (Å²) in [7, 11) is 6.01. The van der Waals surface area contributed by atoms with E-state index in [1.54, 1.807) is 4.90 Å². The molecule has 0 aromatic rings. The van der Waals surface area contributed by atoms with Crippen LogP contribution in [-0.2, 0) is 4.74 Å². The van der Waals surface area contributed by atoms with Crippen LogP contribution in [0.1, 0.15) is 278 Å². The highest BCUT2D eigenvalue weighted by molar-refractivity contribution is 5.67. The zero-order valence-corrected chi connectivity index (χ0v) is 46.4. The van der Waals surface area contributed by atoms with Crippen molar-refractivity contribution in [2.45, 2.75) is 289 Å². The zero-order chi connectivity index (χ0) is 49.7. The number of hydrogen-bond acceptors (Lipinski definition) is 4. The summed E-state index contributed by atoms with van der Waals surface area (Å²) in [6.07, 6.45) is 73.7. The fraction of sp³-hybridized carbons (Fsp3) is 0.794. The van der Waals surface area contributed by atoms with Gasteiger partial charge in [0.25, 0.3) is 0 Å². The van der Waals surface area contributed by atoms with E-state index in [1.165, 1.54) is 173 Å². The molecule has 0 heterocycles. The second-order valence-electron chi connectivity index (χ2n) is 20.6. The van der Waals surface area contributed by atoms with Crippen molar-refractivity contribution in [2.75, 3.05) is 34.2 Å². The fourth-order valence-corrected chi connectivity index (χ4v) is 8.97. The van der Waals surface area contributed by atoms with Crippen molar-refractivity contribution in [2.24, 2.45) is 0 Å². The number of aliphatic hydroxyl groups is 1. The minimum atomic E-state index is -0.984. The lowest BCUT2D eigenvalue weighted by Gasteiger charge is -2.37. The molecule has 0 rings (SSSR count). The number of amides is 1. The molecule has 68 heavy (non-hydrogen) atoms. The molecule has 0 saturated carbocycles. The number of ether oxygens (including phenoxy) is 1. The van der Waals surface area contributed by atoms with Crippen LogP contribution in [0.25, 0.3) is 0 Å². The average Bonchev–Trinajstić information content (AvgIpc) is 3.33. The molecule has 0 bridgehead atoms. The van der Waals surface area contributed by atoms with E-state index in [-0.39, 0.29) is 6.09 Å². The third-order valence-corrected chi connectivity index (χ3v) is 13.5. The van der Waals surface area contributed by atoms with E-state index < -0.39 is 11.7 Å². The van der Waals surface area contributed by atoms with Crippen LogP contribution >= 0.6 is 0 Å². The highest BCUT2D eigenvalue weighted by Gasteiger charge is 2.38. The van der Waals surface area contributed by atoms with Crippen LogP contribution < -0.4 is 0 Å². The Morgan fingerprint density at radius 3 is 1.06 bits per heavy atom. The van der Waals surface area contributed by atoms with Crippen LogP contribution in [0.2, 0.25) is 0 Å². The Morgan fingerprint density at radius 1 is 0.412 bits per heavy atom. The van der Waals surface area contributed by atoms with Crippen molar-refractivity contribution in [3.05, 3.63) is 72.9 Å². The van der Waals surface area contributed by atoms with Crippen molar-refractivity contribution in [3.63, 3.8) is 0 Å². The Morgan fingerprint density at radius 2 is 0.721 bits per heavy atom. The SMILES string of the molecule is CCCCCC=CCC=CCCCCCCCCC(OC(=O)N(C)CCCN(C)C)C(O)(CCCCCCCCC=CCC=CCCCCC)CCCCCCCCC=CCC=CCCCCC. The first kappa shape index (κ1) is 65.6. The van der Waals surface area contributed by atoms with Gasteiger partial charge in [0, 0.05) is 13.6 Å². The quantitative estimate of drug-likeness (QED) is 0.0488. The Kier molecular flexibility index (Phi) is 50.6. The summed E-state index contributed by atoms with van der Waals surface area (Å²) < 4.78 is 6.41. The summed E-state index contributed by atoms with van der Waals surface area (Å²) in [5, 5.41) is 12.7. The van der Waals surface area contributed by atoms with E-state index in [0.29, 0.717) is 19.4 Å². The summed E-state index contributed by atoms with van der Waals surface area (Å²) in [4.78, 5) is 17.5. The fourth-order valence-electron chi connectivity index (χ4n) is 8.97. The number of hydrogen-bond donors (Lipinski definition) is 1. The molecule has 1 unspecified atom stereocenters. The topological polar surface area (TPSA) is 53.0 Å². The van der Waals surface area contributed by atoms with Gasteiger partial charge in [0.1, 0.15) is 11.7 Å². The molecule has 5 heteroatoms. The second kappa shape index (κ2) is 52.5.